The van der Waals surface area contributed by atoms with Gasteiger partial charge in [0.05, 0.1) is 6.61 Å². The second-order valence-electron chi connectivity index (χ2n) is 10.3. The summed E-state index contributed by atoms with van der Waals surface area (Å²) in [7, 11) is 1.69. The molecule has 1 spiro atoms. The molecule has 3 nitrogen and oxygen atoms in total. The third-order valence-electron chi connectivity index (χ3n) is 9.62. The van der Waals surface area contributed by atoms with E-state index in [0.29, 0.717) is 17.9 Å². The number of allylic oxidation sites excluding steroid dienone is 2. The molecule has 1 saturated heterocycles. The van der Waals surface area contributed by atoms with Crippen LogP contribution in [0, 0.1) is 39.9 Å². The molecule has 142 valence electrons. The lowest BCUT2D eigenvalue weighted by Gasteiger charge is -2.57. The third-order valence-corrected chi connectivity index (χ3v) is 9.62. The Kier molecular flexibility index (Phi) is 3.56. The second-order valence-corrected chi connectivity index (χ2v) is 10.3. The lowest BCUT2D eigenvalue weighted by atomic mass is 9.47. The maximum Gasteiger partial charge on any atom is 0.207 e. The predicted molar refractivity (Wildman–Crippen MR) is 100 cm³/mol. The van der Waals surface area contributed by atoms with Crippen molar-refractivity contribution < 1.29 is 9.47 Å². The van der Waals surface area contributed by atoms with Crippen LogP contribution in [0.1, 0.15) is 71.6 Å². The van der Waals surface area contributed by atoms with Crippen molar-refractivity contribution in [3.63, 3.8) is 0 Å². The average Bonchev–Trinajstić information content (AvgIpc) is 3.19. The van der Waals surface area contributed by atoms with E-state index in [2.05, 4.69) is 26.0 Å². The molecular formula is C23H33NO2. The molecule has 5 aliphatic rings. The van der Waals surface area contributed by atoms with Gasteiger partial charge in [-0.1, -0.05) is 31.9 Å². The van der Waals surface area contributed by atoms with Crippen molar-refractivity contribution in [2.24, 2.45) is 28.6 Å². The fraction of sp³-hybridized carbons (Fsp3) is 0.870. The predicted octanol–water partition coefficient (Wildman–Crippen LogP) is 5.02. The fourth-order valence-electron chi connectivity index (χ4n) is 8.29. The zero-order valence-electron chi connectivity index (χ0n) is 16.6. The van der Waals surface area contributed by atoms with Crippen LogP contribution < -0.4 is 0 Å². The first-order valence-electron chi connectivity index (χ1n) is 10.8. The number of fused-ring (bicyclic) bond motifs is 6. The summed E-state index contributed by atoms with van der Waals surface area (Å²) in [6.07, 6.45) is 14.2. The van der Waals surface area contributed by atoms with Gasteiger partial charge in [0.25, 0.3) is 0 Å². The van der Waals surface area contributed by atoms with E-state index < -0.39 is 5.60 Å². The van der Waals surface area contributed by atoms with E-state index in [4.69, 9.17) is 9.47 Å². The van der Waals surface area contributed by atoms with Gasteiger partial charge in [-0.2, -0.15) is 5.26 Å². The van der Waals surface area contributed by atoms with Crippen LogP contribution in [0.25, 0.3) is 0 Å². The van der Waals surface area contributed by atoms with E-state index in [1.165, 1.54) is 51.4 Å². The maximum atomic E-state index is 9.88. The molecule has 0 aromatic rings. The lowest BCUT2D eigenvalue weighted by Crippen LogP contribution is -2.52. The van der Waals surface area contributed by atoms with Gasteiger partial charge in [-0.05, 0) is 74.5 Å². The van der Waals surface area contributed by atoms with Crippen LogP contribution in [0.3, 0.4) is 0 Å². The Balaban J connectivity index is 1.49. The van der Waals surface area contributed by atoms with Crippen LogP contribution in [-0.2, 0) is 9.47 Å². The highest BCUT2D eigenvalue weighted by atomic mass is 16.7. The molecule has 1 heterocycles. The molecular weight excluding hydrogens is 322 g/mol. The molecule has 1 aliphatic heterocycles. The second kappa shape index (κ2) is 5.36. The van der Waals surface area contributed by atoms with Gasteiger partial charge >= 0.3 is 0 Å². The Morgan fingerprint density at radius 2 is 2.00 bits per heavy atom. The Labute approximate surface area is 158 Å². The molecule has 3 saturated carbocycles. The molecule has 0 amide bonds. The van der Waals surface area contributed by atoms with Crippen LogP contribution >= 0.6 is 0 Å². The Bertz CT molecular complexity index is 695. The summed E-state index contributed by atoms with van der Waals surface area (Å²) in [6, 6.07) is 2.51. The van der Waals surface area contributed by atoms with Crippen LogP contribution in [0.5, 0.6) is 0 Å². The van der Waals surface area contributed by atoms with Gasteiger partial charge in [0.15, 0.2) is 0 Å². The molecule has 5 rings (SSSR count). The van der Waals surface area contributed by atoms with Gasteiger partial charge in [0.2, 0.25) is 5.60 Å². The minimum atomic E-state index is -0.692. The number of hydrogen-bond donors (Lipinski definition) is 0. The number of ether oxygens (including phenoxy) is 2. The van der Waals surface area contributed by atoms with E-state index >= 15 is 0 Å². The van der Waals surface area contributed by atoms with Crippen molar-refractivity contribution in [2.75, 3.05) is 13.7 Å². The number of methoxy groups -OCH3 is 1. The van der Waals surface area contributed by atoms with Crippen LogP contribution in [0.2, 0.25) is 0 Å². The molecule has 0 aromatic heterocycles. The minimum Gasteiger partial charge on any atom is -0.380 e. The first-order valence-corrected chi connectivity index (χ1v) is 10.8. The van der Waals surface area contributed by atoms with Crippen molar-refractivity contribution in [2.45, 2.75) is 82.8 Å². The SMILES string of the molecule is COCC1(C#N)O[C@@]12CC[C@H]1[C@@H]3CC=C4CCCC[C@]4(C)[C@H]3CC[C@@]12C. The standard InChI is InChI=1S/C23H33NO2/c1-20-11-5-4-6-16(20)7-8-17-18(20)9-12-21(2)19(17)10-13-23(21)22(14-24,26-23)15-25-3/h7,17-19H,4-6,8-13,15H2,1-3H3/t17-,18+,19+,20+,21+,22?,23-/m1/s1. The normalized spacial score (nSPS) is 54.7. The van der Waals surface area contributed by atoms with Crippen molar-refractivity contribution in [1.82, 2.24) is 0 Å². The van der Waals surface area contributed by atoms with Gasteiger partial charge in [-0.3, -0.25) is 0 Å². The topological polar surface area (TPSA) is 45.5 Å². The van der Waals surface area contributed by atoms with Crippen LogP contribution in [-0.4, -0.2) is 24.9 Å². The first-order chi connectivity index (χ1) is 12.5. The van der Waals surface area contributed by atoms with Crippen molar-refractivity contribution in [3.05, 3.63) is 11.6 Å². The molecule has 0 radical (unpaired) electrons. The summed E-state index contributed by atoms with van der Waals surface area (Å²) < 4.78 is 11.7. The van der Waals surface area contributed by atoms with Gasteiger partial charge in [0, 0.05) is 12.5 Å². The Morgan fingerprint density at radius 3 is 2.77 bits per heavy atom. The number of hydrogen-bond acceptors (Lipinski definition) is 3. The summed E-state index contributed by atoms with van der Waals surface area (Å²) in [5.74, 6) is 2.32. The van der Waals surface area contributed by atoms with E-state index in [0.717, 1.165) is 18.3 Å². The van der Waals surface area contributed by atoms with Crippen molar-refractivity contribution in [1.29, 1.82) is 5.26 Å². The first kappa shape index (κ1) is 17.3. The highest BCUT2D eigenvalue weighted by molar-refractivity contribution is 5.36. The minimum absolute atomic E-state index is 0.138. The van der Waals surface area contributed by atoms with Gasteiger partial charge in [-0.15, -0.1) is 0 Å². The smallest absolute Gasteiger partial charge is 0.207 e. The Hall–Kier alpha value is -0.850. The zero-order chi connectivity index (χ0) is 18.2. The monoisotopic (exact) mass is 355 g/mol. The molecule has 3 heteroatoms. The van der Waals surface area contributed by atoms with E-state index in [1.54, 1.807) is 12.7 Å². The summed E-state index contributed by atoms with van der Waals surface area (Å²) in [4.78, 5) is 0. The lowest BCUT2D eigenvalue weighted by molar-refractivity contribution is -0.0486. The fourth-order valence-corrected chi connectivity index (χ4v) is 8.29. The van der Waals surface area contributed by atoms with E-state index in [9.17, 15) is 5.26 Å². The highest BCUT2D eigenvalue weighted by Gasteiger charge is 2.82. The molecule has 7 atom stereocenters. The summed E-state index contributed by atoms with van der Waals surface area (Å²) in [5.41, 5.74) is 1.41. The third kappa shape index (κ3) is 1.81. The quantitative estimate of drug-likeness (QED) is 0.516. The summed E-state index contributed by atoms with van der Waals surface area (Å²) >= 11 is 0. The molecule has 4 fully saturated rings. The largest absolute Gasteiger partial charge is 0.380 e. The zero-order valence-corrected chi connectivity index (χ0v) is 16.6. The highest BCUT2D eigenvalue weighted by Crippen LogP contribution is 2.75. The molecule has 4 aliphatic carbocycles. The van der Waals surface area contributed by atoms with Crippen LogP contribution in [0.4, 0.5) is 0 Å². The molecule has 1 unspecified atom stereocenters. The van der Waals surface area contributed by atoms with Crippen molar-refractivity contribution >= 4 is 0 Å². The molecule has 0 bridgehead atoms. The number of nitriles is 1. The van der Waals surface area contributed by atoms with Crippen molar-refractivity contribution in [3.8, 4) is 6.07 Å². The van der Waals surface area contributed by atoms with E-state index in [-0.39, 0.29) is 11.0 Å². The molecule has 0 N–H and O–H groups in total. The summed E-state index contributed by atoms with van der Waals surface area (Å²) in [5, 5.41) is 9.88. The van der Waals surface area contributed by atoms with Gasteiger partial charge in [0.1, 0.15) is 11.7 Å². The van der Waals surface area contributed by atoms with E-state index in [1.807, 2.05) is 0 Å². The Morgan fingerprint density at radius 1 is 1.19 bits per heavy atom. The number of rotatable bonds is 2. The maximum absolute atomic E-state index is 9.88. The molecule has 26 heavy (non-hydrogen) atoms. The number of epoxide rings is 1. The van der Waals surface area contributed by atoms with Gasteiger partial charge < -0.3 is 9.47 Å². The summed E-state index contributed by atoms with van der Waals surface area (Å²) in [6.45, 7) is 5.43. The molecule has 0 aromatic carbocycles. The van der Waals surface area contributed by atoms with Gasteiger partial charge in [-0.25, -0.2) is 0 Å². The van der Waals surface area contributed by atoms with Crippen LogP contribution in [0.15, 0.2) is 11.6 Å². The number of nitrogens with zero attached hydrogens (tertiary/aromatic N) is 1. The average molecular weight is 356 g/mol.